The minimum absolute atomic E-state index is 0.143. The lowest BCUT2D eigenvalue weighted by atomic mass is 10.0. The Kier molecular flexibility index (Phi) is 4.83. The summed E-state index contributed by atoms with van der Waals surface area (Å²) in [5.41, 5.74) is 1.65. The van der Waals surface area contributed by atoms with Gasteiger partial charge >= 0.3 is 0 Å². The van der Waals surface area contributed by atoms with Gasteiger partial charge < -0.3 is 10.1 Å². The Bertz CT molecular complexity index is 804. The van der Waals surface area contributed by atoms with Gasteiger partial charge in [0.25, 0.3) is 5.91 Å². The van der Waals surface area contributed by atoms with Gasteiger partial charge in [-0.25, -0.2) is 4.39 Å². The van der Waals surface area contributed by atoms with Crippen LogP contribution in [0.15, 0.2) is 42.5 Å². The second-order valence-electron chi connectivity index (χ2n) is 6.35. The number of rotatable bonds is 5. The van der Waals surface area contributed by atoms with Crippen LogP contribution in [0.1, 0.15) is 53.7 Å². The predicted octanol–water partition coefficient (Wildman–Crippen LogP) is 3.77. The molecule has 3 rings (SSSR count). The van der Waals surface area contributed by atoms with Crippen molar-refractivity contribution in [1.82, 2.24) is 5.32 Å². The van der Waals surface area contributed by atoms with Gasteiger partial charge in [0, 0.05) is 12.0 Å². The fourth-order valence-electron chi connectivity index (χ4n) is 3.20. The van der Waals surface area contributed by atoms with E-state index in [2.05, 4.69) is 5.32 Å². The Balaban J connectivity index is 1.67. The molecule has 0 heterocycles. The highest BCUT2D eigenvalue weighted by Crippen LogP contribution is 2.39. The van der Waals surface area contributed by atoms with Gasteiger partial charge in [0.2, 0.25) is 0 Å². The van der Waals surface area contributed by atoms with E-state index in [0.717, 1.165) is 5.56 Å². The van der Waals surface area contributed by atoms with Crippen LogP contribution in [0.4, 0.5) is 4.39 Å². The standard InChI is InChI=1S/C20H20FNO3/c1-12-10-16(23)20-17(9-8-15(21)19(12)20)25-11-18(24)22-13(2)14-6-4-3-5-7-14/h3-9,12-13H,10-11H2,1-2H3,(H,22,24)/t12-,13-/m0/s1. The summed E-state index contributed by atoms with van der Waals surface area (Å²) < 4.78 is 19.5. The normalized spacial score (nSPS) is 17.1. The first-order valence-corrected chi connectivity index (χ1v) is 8.30. The van der Waals surface area contributed by atoms with Crippen LogP contribution in [0, 0.1) is 5.82 Å². The number of ether oxygens (including phenoxy) is 1. The van der Waals surface area contributed by atoms with E-state index in [4.69, 9.17) is 4.74 Å². The third-order valence-electron chi connectivity index (χ3n) is 4.45. The Morgan fingerprint density at radius 2 is 2.00 bits per heavy atom. The molecule has 0 saturated carbocycles. The number of carbonyl (C=O) groups excluding carboxylic acids is 2. The van der Waals surface area contributed by atoms with Crippen LogP contribution in [0.2, 0.25) is 0 Å². The number of hydrogen-bond acceptors (Lipinski definition) is 3. The van der Waals surface area contributed by atoms with E-state index < -0.39 is 5.82 Å². The first-order chi connectivity index (χ1) is 12.0. The van der Waals surface area contributed by atoms with Crippen LogP contribution in [-0.2, 0) is 4.79 Å². The fraction of sp³-hybridized carbons (Fsp3) is 0.300. The number of fused-ring (bicyclic) bond motifs is 1. The second-order valence-corrected chi connectivity index (χ2v) is 6.35. The van der Waals surface area contributed by atoms with Crippen molar-refractivity contribution in [3.63, 3.8) is 0 Å². The average molecular weight is 341 g/mol. The van der Waals surface area contributed by atoms with Gasteiger partial charge in [-0.15, -0.1) is 0 Å². The highest BCUT2D eigenvalue weighted by Gasteiger charge is 2.32. The van der Waals surface area contributed by atoms with Crippen molar-refractivity contribution in [2.24, 2.45) is 0 Å². The summed E-state index contributed by atoms with van der Waals surface area (Å²) in [7, 11) is 0. The number of benzene rings is 2. The van der Waals surface area contributed by atoms with E-state index in [-0.39, 0.29) is 48.0 Å². The summed E-state index contributed by atoms with van der Waals surface area (Å²) >= 11 is 0. The van der Waals surface area contributed by atoms with Crippen LogP contribution < -0.4 is 10.1 Å². The molecule has 0 aliphatic heterocycles. The molecular formula is C20H20FNO3. The van der Waals surface area contributed by atoms with E-state index in [9.17, 15) is 14.0 Å². The van der Waals surface area contributed by atoms with Crippen LogP contribution >= 0.6 is 0 Å². The lowest BCUT2D eigenvalue weighted by Gasteiger charge is -2.15. The molecule has 0 unspecified atom stereocenters. The molecule has 2 aromatic rings. The summed E-state index contributed by atoms with van der Waals surface area (Å²) in [5.74, 6) is -0.739. The lowest BCUT2D eigenvalue weighted by Crippen LogP contribution is -2.31. The van der Waals surface area contributed by atoms with Gasteiger partial charge in [-0.3, -0.25) is 9.59 Å². The van der Waals surface area contributed by atoms with Crippen LogP contribution in [0.5, 0.6) is 5.75 Å². The van der Waals surface area contributed by atoms with Gasteiger partial charge in [-0.2, -0.15) is 0 Å². The molecule has 0 radical (unpaired) electrons. The fourth-order valence-corrected chi connectivity index (χ4v) is 3.20. The zero-order chi connectivity index (χ0) is 18.0. The molecule has 25 heavy (non-hydrogen) atoms. The first kappa shape index (κ1) is 17.1. The molecule has 2 atom stereocenters. The minimum Gasteiger partial charge on any atom is -0.483 e. The zero-order valence-corrected chi connectivity index (χ0v) is 14.2. The molecule has 0 fully saturated rings. The van der Waals surface area contributed by atoms with Crippen molar-refractivity contribution in [2.75, 3.05) is 6.61 Å². The number of ketones is 1. The Morgan fingerprint density at radius 3 is 2.72 bits per heavy atom. The van der Waals surface area contributed by atoms with E-state index in [1.807, 2.05) is 44.2 Å². The highest BCUT2D eigenvalue weighted by molar-refractivity contribution is 6.03. The van der Waals surface area contributed by atoms with Crippen LogP contribution in [-0.4, -0.2) is 18.3 Å². The summed E-state index contributed by atoms with van der Waals surface area (Å²) in [5, 5.41) is 2.84. The highest BCUT2D eigenvalue weighted by atomic mass is 19.1. The van der Waals surface area contributed by atoms with Gasteiger partial charge in [-0.1, -0.05) is 37.3 Å². The zero-order valence-electron chi connectivity index (χ0n) is 14.2. The Morgan fingerprint density at radius 1 is 1.28 bits per heavy atom. The molecule has 1 aliphatic carbocycles. The molecule has 0 aromatic heterocycles. The predicted molar refractivity (Wildman–Crippen MR) is 92.3 cm³/mol. The maximum Gasteiger partial charge on any atom is 0.258 e. The van der Waals surface area contributed by atoms with Gasteiger partial charge in [0.15, 0.2) is 12.4 Å². The van der Waals surface area contributed by atoms with Crippen molar-refractivity contribution in [1.29, 1.82) is 0 Å². The number of amides is 1. The molecule has 0 spiro atoms. The molecular weight excluding hydrogens is 321 g/mol. The third kappa shape index (κ3) is 3.55. The first-order valence-electron chi connectivity index (χ1n) is 8.30. The maximum atomic E-state index is 14.0. The van der Waals surface area contributed by atoms with Crippen molar-refractivity contribution in [3.05, 3.63) is 65.0 Å². The van der Waals surface area contributed by atoms with Gasteiger partial charge in [-0.05, 0) is 30.5 Å². The lowest BCUT2D eigenvalue weighted by molar-refractivity contribution is -0.123. The van der Waals surface area contributed by atoms with E-state index in [0.29, 0.717) is 5.56 Å². The monoisotopic (exact) mass is 341 g/mol. The second kappa shape index (κ2) is 7.05. The molecule has 4 nitrogen and oxygen atoms in total. The largest absolute Gasteiger partial charge is 0.483 e. The summed E-state index contributed by atoms with van der Waals surface area (Å²) in [4.78, 5) is 24.2. The van der Waals surface area contributed by atoms with Crippen LogP contribution in [0.25, 0.3) is 0 Å². The Hall–Kier alpha value is -2.69. The molecule has 0 bridgehead atoms. The number of nitrogens with one attached hydrogen (secondary N) is 1. The third-order valence-corrected chi connectivity index (χ3v) is 4.45. The molecule has 1 amide bonds. The number of halogens is 1. The average Bonchev–Trinajstić information content (AvgIpc) is 2.90. The van der Waals surface area contributed by atoms with Gasteiger partial charge in [0.1, 0.15) is 11.6 Å². The van der Waals surface area contributed by atoms with Crippen LogP contribution in [0.3, 0.4) is 0 Å². The maximum absolute atomic E-state index is 14.0. The van der Waals surface area contributed by atoms with Gasteiger partial charge in [0.05, 0.1) is 11.6 Å². The molecule has 0 saturated heterocycles. The quantitative estimate of drug-likeness (QED) is 0.901. The smallest absolute Gasteiger partial charge is 0.258 e. The topological polar surface area (TPSA) is 55.4 Å². The van der Waals surface area contributed by atoms with Crippen molar-refractivity contribution in [3.8, 4) is 5.75 Å². The van der Waals surface area contributed by atoms with Crippen molar-refractivity contribution in [2.45, 2.75) is 32.2 Å². The summed E-state index contributed by atoms with van der Waals surface area (Å²) in [6.07, 6.45) is 0.268. The molecule has 130 valence electrons. The van der Waals surface area contributed by atoms with Crippen molar-refractivity contribution < 1.29 is 18.7 Å². The van der Waals surface area contributed by atoms with E-state index in [1.54, 1.807) is 0 Å². The van der Waals surface area contributed by atoms with Crippen molar-refractivity contribution >= 4 is 11.7 Å². The van der Waals surface area contributed by atoms with E-state index >= 15 is 0 Å². The molecule has 5 heteroatoms. The summed E-state index contributed by atoms with van der Waals surface area (Å²) in [6.45, 7) is 3.47. The SMILES string of the molecule is C[C@H](NC(=O)COc1ccc(F)c2c1C(=O)C[C@@H]2C)c1ccccc1. The number of hydrogen-bond donors (Lipinski definition) is 1. The molecule has 1 N–H and O–H groups in total. The molecule has 1 aliphatic rings. The minimum atomic E-state index is -0.400. The van der Waals surface area contributed by atoms with E-state index in [1.165, 1.54) is 12.1 Å². The number of carbonyl (C=O) groups is 2. The summed E-state index contributed by atoms with van der Waals surface area (Å²) in [6, 6.07) is 12.1. The molecule has 2 aromatic carbocycles. The number of Topliss-reactive ketones (excluding diaryl/α,β-unsaturated/α-hetero) is 1. The Labute approximate surface area is 146 Å².